The van der Waals surface area contributed by atoms with Crippen molar-refractivity contribution in [2.45, 2.75) is 58.0 Å². The third kappa shape index (κ3) is 2.67. The van der Waals surface area contributed by atoms with Crippen molar-refractivity contribution >= 4 is 5.97 Å². The number of esters is 1. The highest BCUT2D eigenvalue weighted by molar-refractivity contribution is 5.83. The first-order chi connectivity index (χ1) is 10.9. The Morgan fingerprint density at radius 1 is 1.17 bits per heavy atom. The van der Waals surface area contributed by atoms with Crippen molar-refractivity contribution in [3.63, 3.8) is 0 Å². The van der Waals surface area contributed by atoms with E-state index in [0.29, 0.717) is 12.8 Å². The molecule has 4 atom stereocenters. The summed E-state index contributed by atoms with van der Waals surface area (Å²) < 4.78 is 11.9. The van der Waals surface area contributed by atoms with Gasteiger partial charge < -0.3 is 9.47 Å². The first kappa shape index (κ1) is 16.1. The lowest BCUT2D eigenvalue weighted by Crippen LogP contribution is -2.41. The minimum Gasteiger partial charge on any atom is -0.433 e. The van der Waals surface area contributed by atoms with Crippen LogP contribution in [0.1, 0.15) is 45.6 Å². The van der Waals surface area contributed by atoms with Gasteiger partial charge in [0.05, 0.1) is 6.04 Å². The van der Waals surface area contributed by atoms with E-state index >= 15 is 0 Å². The molecule has 124 valence electrons. The number of hydrogen-bond donors (Lipinski definition) is 0. The molecule has 0 aromatic heterocycles. The second kappa shape index (κ2) is 5.71. The van der Waals surface area contributed by atoms with E-state index in [1.54, 1.807) is 0 Å². The van der Waals surface area contributed by atoms with Crippen LogP contribution in [0.5, 0.6) is 0 Å². The third-order valence-corrected chi connectivity index (χ3v) is 4.85. The number of nitrogens with zero attached hydrogens (tertiary/aromatic N) is 1. The molecule has 2 aliphatic rings. The Morgan fingerprint density at radius 2 is 1.87 bits per heavy atom. The van der Waals surface area contributed by atoms with Crippen molar-refractivity contribution in [3.05, 3.63) is 40.8 Å². The maximum absolute atomic E-state index is 12.9. The lowest BCUT2D eigenvalue weighted by atomic mass is 9.80. The minimum atomic E-state index is -1.13. The Balaban J connectivity index is 2.02. The Morgan fingerprint density at radius 3 is 2.39 bits per heavy atom. The predicted molar refractivity (Wildman–Crippen MR) is 85.5 cm³/mol. The zero-order valence-electron chi connectivity index (χ0n) is 13.8. The molecule has 1 saturated carbocycles. The van der Waals surface area contributed by atoms with Gasteiger partial charge in [0.25, 0.3) is 0 Å². The normalized spacial score (nSPS) is 34.4. The molecule has 2 fully saturated rings. The van der Waals surface area contributed by atoms with Gasteiger partial charge in [0, 0.05) is 11.3 Å². The number of carbonyl (C=O) groups is 1. The van der Waals surface area contributed by atoms with E-state index in [1.165, 1.54) is 0 Å². The van der Waals surface area contributed by atoms with Gasteiger partial charge in [-0.2, -0.15) is 4.91 Å². The highest BCUT2D eigenvalue weighted by Gasteiger charge is 2.60. The van der Waals surface area contributed by atoms with Crippen LogP contribution in [0.3, 0.4) is 0 Å². The fourth-order valence-corrected chi connectivity index (χ4v) is 3.57. The van der Waals surface area contributed by atoms with Crippen molar-refractivity contribution in [2.75, 3.05) is 0 Å². The summed E-state index contributed by atoms with van der Waals surface area (Å²) in [6, 6.07) is 9.24. The molecule has 0 bridgehead atoms. The highest BCUT2D eigenvalue weighted by Crippen LogP contribution is 2.50. The predicted octanol–water partition coefficient (Wildman–Crippen LogP) is 3.76. The summed E-state index contributed by atoms with van der Waals surface area (Å²) in [7, 11) is 0. The highest BCUT2D eigenvalue weighted by atomic mass is 16.8. The van der Waals surface area contributed by atoms with Crippen LogP contribution in [-0.2, 0) is 19.9 Å². The topological polar surface area (TPSA) is 65.0 Å². The van der Waals surface area contributed by atoms with Crippen molar-refractivity contribution in [1.82, 2.24) is 0 Å². The summed E-state index contributed by atoms with van der Waals surface area (Å²) in [4.78, 5) is 23.8. The molecule has 1 aromatic rings. The Bertz CT molecular complexity index is 595. The number of cyclic esters (lactones) is 1. The van der Waals surface area contributed by atoms with Crippen LogP contribution in [0.15, 0.2) is 35.5 Å². The fraction of sp³-hybridized carbons (Fsp3) is 0.611. The van der Waals surface area contributed by atoms with Crippen molar-refractivity contribution in [2.24, 2.45) is 16.5 Å². The Labute approximate surface area is 136 Å². The Hall–Kier alpha value is -1.75. The van der Waals surface area contributed by atoms with Gasteiger partial charge in [-0.1, -0.05) is 56.3 Å². The average molecular weight is 317 g/mol. The SMILES string of the molecule is CC(C)(C)[C@H]1OC(=O)[C@](c2ccccc2)([C@@H]2CCC(N=O)C2)O1. The van der Waals surface area contributed by atoms with Gasteiger partial charge >= 0.3 is 5.97 Å². The fourth-order valence-electron chi connectivity index (χ4n) is 3.57. The zero-order chi connectivity index (χ0) is 16.7. The summed E-state index contributed by atoms with van der Waals surface area (Å²) >= 11 is 0. The van der Waals surface area contributed by atoms with Crippen LogP contribution in [0.2, 0.25) is 0 Å². The lowest BCUT2D eigenvalue weighted by Gasteiger charge is -2.33. The minimum absolute atomic E-state index is 0.0903. The van der Waals surface area contributed by atoms with Gasteiger partial charge in [-0.15, -0.1) is 0 Å². The van der Waals surface area contributed by atoms with Crippen LogP contribution in [0.4, 0.5) is 0 Å². The zero-order valence-corrected chi connectivity index (χ0v) is 13.8. The number of ether oxygens (including phenoxy) is 2. The largest absolute Gasteiger partial charge is 0.433 e. The molecule has 5 heteroatoms. The molecule has 1 aliphatic carbocycles. The van der Waals surface area contributed by atoms with Crippen molar-refractivity contribution in [1.29, 1.82) is 0 Å². The van der Waals surface area contributed by atoms with E-state index < -0.39 is 11.9 Å². The molecular weight excluding hydrogens is 294 g/mol. The van der Waals surface area contributed by atoms with Gasteiger partial charge in [0.15, 0.2) is 5.60 Å². The van der Waals surface area contributed by atoms with Crippen LogP contribution in [-0.4, -0.2) is 18.3 Å². The van der Waals surface area contributed by atoms with E-state index in [-0.39, 0.29) is 23.3 Å². The molecule has 0 N–H and O–H groups in total. The van der Waals surface area contributed by atoms with Crippen molar-refractivity contribution in [3.8, 4) is 0 Å². The second-order valence-corrected chi connectivity index (χ2v) is 7.59. The smallest absolute Gasteiger partial charge is 0.345 e. The van der Waals surface area contributed by atoms with E-state index in [9.17, 15) is 9.70 Å². The molecule has 5 nitrogen and oxygen atoms in total. The summed E-state index contributed by atoms with van der Waals surface area (Å²) in [5.74, 6) is -0.437. The molecule has 23 heavy (non-hydrogen) atoms. The van der Waals surface area contributed by atoms with Crippen LogP contribution in [0, 0.1) is 16.2 Å². The Kier molecular flexibility index (Phi) is 4.00. The van der Waals surface area contributed by atoms with E-state index in [2.05, 4.69) is 5.18 Å². The maximum atomic E-state index is 12.9. The van der Waals surface area contributed by atoms with E-state index in [1.807, 2.05) is 51.1 Å². The number of hydrogen-bond acceptors (Lipinski definition) is 5. The van der Waals surface area contributed by atoms with Crippen molar-refractivity contribution < 1.29 is 14.3 Å². The molecule has 1 unspecified atom stereocenters. The van der Waals surface area contributed by atoms with Crippen LogP contribution >= 0.6 is 0 Å². The quantitative estimate of drug-likeness (QED) is 0.629. The van der Waals surface area contributed by atoms with E-state index in [0.717, 1.165) is 12.0 Å². The second-order valence-electron chi connectivity index (χ2n) is 7.59. The number of benzene rings is 1. The molecule has 1 aromatic carbocycles. The first-order valence-corrected chi connectivity index (χ1v) is 8.15. The summed E-state index contributed by atoms with van der Waals surface area (Å²) in [5, 5.41) is 3.17. The van der Waals surface area contributed by atoms with Crippen LogP contribution < -0.4 is 0 Å². The van der Waals surface area contributed by atoms with Crippen LogP contribution in [0.25, 0.3) is 0 Å². The third-order valence-electron chi connectivity index (χ3n) is 4.85. The average Bonchev–Trinajstić information content (AvgIpc) is 3.12. The molecule has 0 amide bonds. The molecule has 0 spiro atoms. The molecule has 1 heterocycles. The summed E-state index contributed by atoms with van der Waals surface area (Å²) in [6.45, 7) is 5.95. The van der Waals surface area contributed by atoms with Gasteiger partial charge in [-0.05, 0) is 24.8 Å². The number of carbonyl (C=O) groups excluding carboxylic acids is 1. The molecule has 0 radical (unpaired) electrons. The molecular formula is C18H23NO4. The van der Waals surface area contributed by atoms with Gasteiger partial charge in [-0.3, -0.25) is 0 Å². The number of nitroso groups, excluding NO2 is 1. The van der Waals surface area contributed by atoms with Gasteiger partial charge in [0.1, 0.15) is 0 Å². The summed E-state index contributed by atoms with van der Waals surface area (Å²) in [6.07, 6.45) is 1.39. The van der Waals surface area contributed by atoms with E-state index in [4.69, 9.17) is 9.47 Å². The van der Waals surface area contributed by atoms with Gasteiger partial charge in [-0.25, -0.2) is 4.79 Å². The summed E-state index contributed by atoms with van der Waals surface area (Å²) in [5.41, 5.74) is -0.639. The maximum Gasteiger partial charge on any atom is 0.345 e. The standard InChI is InChI=1S/C18H23NO4/c1-17(2,3)16-22-15(20)18(23-16,12-7-5-4-6-8-12)13-9-10-14(11-13)19-21/h4-8,13-14,16H,9-11H2,1-3H3/t13-,14?,16+,18+/m1/s1. The van der Waals surface area contributed by atoms with Gasteiger partial charge in [0.2, 0.25) is 6.29 Å². The molecule has 1 aliphatic heterocycles. The lowest BCUT2D eigenvalue weighted by molar-refractivity contribution is -0.162. The monoisotopic (exact) mass is 317 g/mol. The molecule has 1 saturated heterocycles. The molecule has 3 rings (SSSR count). The number of rotatable bonds is 3. The first-order valence-electron chi connectivity index (χ1n) is 8.15.